The Morgan fingerprint density at radius 3 is 2.38 bits per heavy atom. The number of rotatable bonds is 8. The van der Waals surface area contributed by atoms with Crippen LogP contribution >= 0.6 is 11.3 Å². The van der Waals surface area contributed by atoms with Crippen molar-refractivity contribution in [3.8, 4) is 17.2 Å². The molecular formula is C16H21N3O4S. The van der Waals surface area contributed by atoms with Crippen molar-refractivity contribution in [1.82, 2.24) is 10.3 Å². The maximum atomic E-state index is 12.1. The van der Waals surface area contributed by atoms with Crippen LogP contribution in [0.4, 0.5) is 5.13 Å². The van der Waals surface area contributed by atoms with Crippen molar-refractivity contribution in [3.63, 3.8) is 0 Å². The average Bonchev–Trinajstić information content (AvgIpc) is 2.99. The lowest BCUT2D eigenvalue weighted by atomic mass is 10.1. The summed E-state index contributed by atoms with van der Waals surface area (Å²) in [5.74, 6) is 1.47. The van der Waals surface area contributed by atoms with Gasteiger partial charge in [-0.05, 0) is 17.7 Å². The number of anilines is 1. The molecule has 0 saturated heterocycles. The zero-order chi connectivity index (χ0) is 17.5. The Labute approximate surface area is 144 Å². The summed E-state index contributed by atoms with van der Waals surface area (Å²) in [7, 11) is 4.62. The number of carbonyl (C=O) groups excluding carboxylic acids is 1. The largest absolute Gasteiger partial charge is 0.493 e. The fourth-order valence-electron chi connectivity index (χ4n) is 2.25. The minimum atomic E-state index is -0.0903. The third-order valence-corrected chi connectivity index (χ3v) is 4.08. The Balaban J connectivity index is 1.95. The van der Waals surface area contributed by atoms with Gasteiger partial charge in [0, 0.05) is 18.3 Å². The summed E-state index contributed by atoms with van der Waals surface area (Å²) in [6.45, 7) is 0.506. The fraction of sp³-hybridized carbons (Fsp3) is 0.375. The number of nitrogens with one attached hydrogen (secondary N) is 1. The predicted octanol–water partition coefficient (Wildman–Crippen LogP) is 1.65. The molecule has 0 unspecified atom stereocenters. The third kappa shape index (κ3) is 4.51. The zero-order valence-electron chi connectivity index (χ0n) is 13.9. The van der Waals surface area contributed by atoms with Gasteiger partial charge in [0.1, 0.15) is 0 Å². The summed E-state index contributed by atoms with van der Waals surface area (Å²) < 4.78 is 15.8. The standard InChI is InChI=1S/C16H21N3O4S/c1-21-12-6-10(7-13(22-2)15(12)23-3)8-14(20)18-5-4-11-9-24-16(17)19-11/h6-7,9H,4-5,8H2,1-3H3,(H2,17,19)(H,18,20). The predicted molar refractivity (Wildman–Crippen MR) is 93.0 cm³/mol. The smallest absolute Gasteiger partial charge is 0.224 e. The second kappa shape index (κ2) is 8.39. The highest BCUT2D eigenvalue weighted by Crippen LogP contribution is 2.38. The van der Waals surface area contributed by atoms with E-state index in [2.05, 4.69) is 10.3 Å². The molecule has 3 N–H and O–H groups in total. The number of ether oxygens (including phenoxy) is 3. The van der Waals surface area contributed by atoms with Crippen LogP contribution in [-0.2, 0) is 17.6 Å². The summed E-state index contributed by atoms with van der Waals surface area (Å²) in [4.78, 5) is 16.2. The van der Waals surface area contributed by atoms with Crippen molar-refractivity contribution in [2.45, 2.75) is 12.8 Å². The molecule has 0 aliphatic carbocycles. The van der Waals surface area contributed by atoms with Gasteiger partial charge in [-0.1, -0.05) is 0 Å². The van der Waals surface area contributed by atoms with Gasteiger partial charge >= 0.3 is 0 Å². The van der Waals surface area contributed by atoms with Crippen molar-refractivity contribution in [2.24, 2.45) is 0 Å². The Morgan fingerprint density at radius 1 is 1.21 bits per heavy atom. The molecule has 1 heterocycles. The van der Waals surface area contributed by atoms with Gasteiger partial charge in [-0.15, -0.1) is 11.3 Å². The monoisotopic (exact) mass is 351 g/mol. The number of nitrogens with two attached hydrogens (primary N) is 1. The number of methoxy groups -OCH3 is 3. The van der Waals surface area contributed by atoms with E-state index in [1.54, 1.807) is 26.4 Å². The first kappa shape index (κ1) is 17.9. The van der Waals surface area contributed by atoms with Gasteiger partial charge in [-0.3, -0.25) is 4.79 Å². The fourth-order valence-corrected chi connectivity index (χ4v) is 2.85. The molecule has 0 aliphatic rings. The molecule has 0 radical (unpaired) electrons. The molecule has 7 nitrogen and oxygen atoms in total. The first-order valence-electron chi connectivity index (χ1n) is 7.32. The summed E-state index contributed by atoms with van der Waals surface area (Å²) in [5.41, 5.74) is 7.23. The number of thiazole rings is 1. The normalized spacial score (nSPS) is 10.3. The van der Waals surface area contributed by atoms with Gasteiger partial charge in [0.25, 0.3) is 0 Å². The maximum Gasteiger partial charge on any atom is 0.224 e. The maximum absolute atomic E-state index is 12.1. The van der Waals surface area contributed by atoms with Crippen LogP contribution in [0.25, 0.3) is 0 Å². The van der Waals surface area contributed by atoms with E-state index in [1.165, 1.54) is 18.4 Å². The molecule has 0 bridgehead atoms. The average molecular weight is 351 g/mol. The summed E-state index contributed by atoms with van der Waals surface area (Å²) >= 11 is 1.39. The van der Waals surface area contributed by atoms with Crippen LogP contribution in [0.1, 0.15) is 11.3 Å². The molecule has 8 heteroatoms. The van der Waals surface area contributed by atoms with Gasteiger partial charge in [0.05, 0.1) is 33.4 Å². The van der Waals surface area contributed by atoms with Crippen LogP contribution in [0.5, 0.6) is 17.2 Å². The number of amides is 1. The first-order valence-corrected chi connectivity index (χ1v) is 8.20. The van der Waals surface area contributed by atoms with Gasteiger partial charge in [-0.2, -0.15) is 0 Å². The van der Waals surface area contributed by atoms with Gasteiger partial charge in [0.15, 0.2) is 16.6 Å². The lowest BCUT2D eigenvalue weighted by Crippen LogP contribution is -2.27. The highest BCUT2D eigenvalue weighted by Gasteiger charge is 2.14. The molecule has 2 rings (SSSR count). The number of nitrogen functional groups attached to an aromatic ring is 1. The van der Waals surface area contributed by atoms with Crippen molar-refractivity contribution in [3.05, 3.63) is 28.8 Å². The van der Waals surface area contributed by atoms with Crippen LogP contribution in [0, 0.1) is 0 Å². The Hall–Kier alpha value is -2.48. The van der Waals surface area contributed by atoms with E-state index >= 15 is 0 Å². The highest BCUT2D eigenvalue weighted by molar-refractivity contribution is 7.13. The Morgan fingerprint density at radius 2 is 1.88 bits per heavy atom. The van der Waals surface area contributed by atoms with Crippen molar-refractivity contribution < 1.29 is 19.0 Å². The number of aromatic nitrogens is 1. The first-order chi connectivity index (χ1) is 11.6. The minimum Gasteiger partial charge on any atom is -0.493 e. The molecule has 1 amide bonds. The second-order valence-electron chi connectivity index (χ2n) is 4.99. The van der Waals surface area contributed by atoms with E-state index in [4.69, 9.17) is 19.9 Å². The van der Waals surface area contributed by atoms with Gasteiger partial charge in [0.2, 0.25) is 11.7 Å². The van der Waals surface area contributed by atoms with Gasteiger partial charge in [-0.25, -0.2) is 4.98 Å². The third-order valence-electron chi connectivity index (χ3n) is 3.36. The van der Waals surface area contributed by atoms with Crippen LogP contribution in [-0.4, -0.2) is 38.8 Å². The van der Waals surface area contributed by atoms with E-state index in [1.807, 2.05) is 5.38 Å². The van der Waals surface area contributed by atoms with E-state index in [0.717, 1.165) is 11.3 Å². The lowest BCUT2D eigenvalue weighted by molar-refractivity contribution is -0.120. The van der Waals surface area contributed by atoms with E-state index in [-0.39, 0.29) is 12.3 Å². The molecule has 0 aliphatic heterocycles. The quantitative estimate of drug-likeness (QED) is 0.751. The van der Waals surface area contributed by atoms with E-state index < -0.39 is 0 Å². The summed E-state index contributed by atoms with van der Waals surface area (Å²) in [6.07, 6.45) is 0.866. The topological polar surface area (TPSA) is 95.7 Å². The molecule has 0 atom stereocenters. The molecule has 2 aromatic rings. The second-order valence-corrected chi connectivity index (χ2v) is 5.88. The molecular weight excluding hydrogens is 330 g/mol. The number of carbonyl (C=O) groups is 1. The minimum absolute atomic E-state index is 0.0903. The molecule has 24 heavy (non-hydrogen) atoms. The highest BCUT2D eigenvalue weighted by atomic mass is 32.1. The molecule has 1 aromatic heterocycles. The zero-order valence-corrected chi connectivity index (χ0v) is 14.7. The SMILES string of the molecule is COc1cc(CC(=O)NCCc2csc(N)n2)cc(OC)c1OC. The Kier molecular flexibility index (Phi) is 6.25. The van der Waals surface area contributed by atoms with E-state index in [0.29, 0.717) is 35.3 Å². The van der Waals surface area contributed by atoms with E-state index in [9.17, 15) is 4.79 Å². The van der Waals surface area contributed by atoms with Crippen molar-refractivity contribution in [1.29, 1.82) is 0 Å². The summed E-state index contributed by atoms with van der Waals surface area (Å²) in [5, 5.41) is 5.29. The van der Waals surface area contributed by atoms with Crippen molar-refractivity contribution in [2.75, 3.05) is 33.6 Å². The van der Waals surface area contributed by atoms with Crippen LogP contribution in [0.15, 0.2) is 17.5 Å². The van der Waals surface area contributed by atoms with Gasteiger partial charge < -0.3 is 25.3 Å². The number of nitrogens with zero attached hydrogens (tertiary/aromatic N) is 1. The number of hydrogen-bond acceptors (Lipinski definition) is 7. The van der Waals surface area contributed by atoms with Crippen molar-refractivity contribution >= 4 is 22.4 Å². The van der Waals surface area contributed by atoms with Crippen LogP contribution in [0.3, 0.4) is 0 Å². The lowest BCUT2D eigenvalue weighted by Gasteiger charge is -2.14. The number of hydrogen-bond donors (Lipinski definition) is 2. The Bertz CT molecular complexity index is 677. The van der Waals surface area contributed by atoms with Crippen LogP contribution in [0.2, 0.25) is 0 Å². The molecule has 130 valence electrons. The molecule has 1 aromatic carbocycles. The summed E-state index contributed by atoms with van der Waals surface area (Å²) in [6, 6.07) is 3.53. The molecule has 0 saturated carbocycles. The van der Waals surface area contributed by atoms with Crippen LogP contribution < -0.4 is 25.3 Å². The molecule has 0 fully saturated rings. The molecule has 0 spiro atoms. The number of benzene rings is 1.